The molecule has 9 aromatic rings. The van der Waals surface area contributed by atoms with Crippen LogP contribution in [0.2, 0.25) is 0 Å². The van der Waals surface area contributed by atoms with Crippen LogP contribution in [0, 0.1) is 33.2 Å². The lowest BCUT2D eigenvalue weighted by Gasteiger charge is -2.12. The van der Waals surface area contributed by atoms with E-state index in [0.29, 0.717) is 0 Å². The number of halogens is 1. The van der Waals surface area contributed by atoms with Crippen LogP contribution in [0.15, 0.2) is 189 Å². The molecule has 13 rings (SSSR count). The number of H-pyrrole nitrogens is 3. The van der Waals surface area contributed by atoms with Crippen molar-refractivity contribution < 1.29 is 0 Å². The SMILES string of the molecule is CCCC1=CC2=c3ccc(s3)=c3cc(CCC)c([nH]3)=C(c3ccccc3)C3=NC(=c4ccc(s4)=c4[nH]c(c(CCC)c4I)=C(c4ccccc4)C4=NC(=c5ccc(s5)=c5cc(CCC)c([nH]5)=C(c5ccccc5)C1=N2)C=C4CCC)C=C3CCC. The first-order chi connectivity index (χ1) is 41.8. The van der Waals surface area contributed by atoms with Crippen molar-refractivity contribution in [2.24, 2.45) is 15.0 Å². The summed E-state index contributed by atoms with van der Waals surface area (Å²) in [7, 11) is 0. The Morgan fingerprint density at radius 1 is 0.353 bits per heavy atom. The van der Waals surface area contributed by atoms with Crippen molar-refractivity contribution >= 4 is 108 Å². The number of aryl methyl sites for hydroxylation is 2. The average molecular weight is 1280 g/mol. The predicted molar refractivity (Wildman–Crippen MR) is 369 cm³/mol. The summed E-state index contributed by atoms with van der Waals surface area (Å²) in [6.07, 6.45) is 18.8. The Hall–Kier alpha value is -7.22. The van der Waals surface area contributed by atoms with E-state index in [1.807, 2.05) is 34.0 Å². The molecule has 0 radical (unpaired) electrons. The van der Waals surface area contributed by atoms with Crippen molar-refractivity contribution in [3.05, 3.63) is 271 Å². The number of benzene rings is 3. The highest BCUT2D eigenvalue weighted by molar-refractivity contribution is 14.1. The molecule has 6 nitrogen and oxygen atoms in total. The Morgan fingerprint density at radius 2 is 0.694 bits per heavy atom. The van der Waals surface area contributed by atoms with Gasteiger partial charge in [0.25, 0.3) is 0 Å². The van der Waals surface area contributed by atoms with Crippen LogP contribution >= 0.6 is 56.6 Å². The molecule has 10 heterocycles. The normalized spacial score (nSPS) is 14.9. The summed E-state index contributed by atoms with van der Waals surface area (Å²) in [6, 6.07) is 51.5. The standard InChI is InChI=1S/C75H71IN6S3/c1-7-22-48-40-54-59-34-35-60(83-59)55-42-50(24-9-3)71(79-55)66(46-30-18-14-19-31-46)72-51(25-10-4)43-58(80-72)63-38-39-64(85-63)75-68(76)53(27-12-6)74(82-75)67(47-32-20-15-21-33-47)73-52(26-11-5)44-57(81-73)62-37-36-61(84-62)56-41-49(23-8-2)70(78-56)65(69(48)77-54)45-28-16-13-17-29-45/h13-21,28-44,78-79,82H,7-12,22-27H2,1-6H3. The zero-order chi connectivity index (χ0) is 58.1. The minimum atomic E-state index is 0.922. The summed E-state index contributed by atoms with van der Waals surface area (Å²) in [6.45, 7) is 13.7. The maximum atomic E-state index is 5.74. The van der Waals surface area contributed by atoms with Crippen LogP contribution in [0.25, 0.3) is 33.8 Å². The second-order valence-corrected chi connectivity index (χ2v) is 26.9. The Labute approximate surface area is 522 Å². The lowest BCUT2D eigenvalue weighted by Crippen LogP contribution is -2.20. The minimum absolute atomic E-state index is 0.922. The van der Waals surface area contributed by atoms with Gasteiger partial charge in [0.15, 0.2) is 0 Å². The van der Waals surface area contributed by atoms with Gasteiger partial charge in [-0.1, -0.05) is 171 Å². The number of aromatic amines is 3. The molecule has 0 atom stereocenters. The van der Waals surface area contributed by atoms with Gasteiger partial charge in [0.2, 0.25) is 0 Å². The molecule has 6 aromatic heterocycles. The summed E-state index contributed by atoms with van der Waals surface area (Å²) in [5.41, 5.74) is 21.0. The van der Waals surface area contributed by atoms with E-state index in [9.17, 15) is 0 Å². The molecule has 426 valence electrons. The van der Waals surface area contributed by atoms with Gasteiger partial charge in [-0.05, 0) is 178 Å². The third kappa shape index (κ3) is 11.0. The highest BCUT2D eigenvalue weighted by Crippen LogP contribution is 2.33. The molecular formula is C75H71IN6S3. The Bertz CT molecular complexity index is 5010. The van der Waals surface area contributed by atoms with Crippen LogP contribution < -0.4 is 29.6 Å². The van der Waals surface area contributed by atoms with Gasteiger partial charge in [-0.15, -0.1) is 34.0 Å². The van der Waals surface area contributed by atoms with Crippen LogP contribution in [-0.4, -0.2) is 32.1 Å². The van der Waals surface area contributed by atoms with Crippen LogP contribution in [0.4, 0.5) is 0 Å². The highest BCUT2D eigenvalue weighted by atomic mass is 127. The summed E-state index contributed by atoms with van der Waals surface area (Å²) in [4.78, 5) is 29.5. The van der Waals surface area contributed by atoms with Crippen LogP contribution in [0.5, 0.6) is 0 Å². The second-order valence-electron chi connectivity index (χ2n) is 22.6. The van der Waals surface area contributed by atoms with Crippen molar-refractivity contribution in [2.45, 2.75) is 119 Å². The fourth-order valence-electron chi connectivity index (χ4n) is 12.7. The number of hydrogen-bond acceptors (Lipinski definition) is 6. The smallest absolute Gasteiger partial charge is 0.0813 e. The number of nitrogens with one attached hydrogen (secondary N) is 3. The number of nitrogens with zero attached hydrogens (tertiary/aromatic N) is 3. The van der Waals surface area contributed by atoms with E-state index in [0.717, 1.165) is 190 Å². The molecule has 0 aliphatic carbocycles. The van der Waals surface area contributed by atoms with E-state index in [2.05, 4.69) is 237 Å². The molecule has 85 heavy (non-hydrogen) atoms. The molecule has 0 unspecified atom stereocenters. The largest absolute Gasteiger partial charge is 0.354 e. The molecular weight excluding hydrogens is 1210 g/mol. The van der Waals surface area contributed by atoms with Gasteiger partial charge in [0.1, 0.15) is 0 Å². The van der Waals surface area contributed by atoms with E-state index in [1.165, 1.54) is 50.6 Å². The Morgan fingerprint density at radius 3 is 1.07 bits per heavy atom. The maximum absolute atomic E-state index is 5.74. The molecule has 4 aliphatic heterocycles. The average Bonchev–Trinajstić information content (AvgIpc) is 3.11. The van der Waals surface area contributed by atoms with E-state index in [4.69, 9.17) is 15.0 Å². The number of rotatable bonds is 15. The number of fused-ring (bicyclic) bond motifs is 15. The van der Waals surface area contributed by atoms with E-state index in [1.54, 1.807) is 0 Å². The first-order valence-corrected chi connectivity index (χ1v) is 34.2. The maximum Gasteiger partial charge on any atom is 0.0813 e. The van der Waals surface area contributed by atoms with Gasteiger partial charge in [-0.25, -0.2) is 15.0 Å². The second kappa shape index (κ2) is 25.0. The van der Waals surface area contributed by atoms with Gasteiger partial charge >= 0.3 is 0 Å². The molecule has 4 aliphatic rings. The van der Waals surface area contributed by atoms with Crippen molar-refractivity contribution in [3.63, 3.8) is 0 Å². The van der Waals surface area contributed by atoms with E-state index < -0.39 is 0 Å². The van der Waals surface area contributed by atoms with Crippen LogP contribution in [-0.2, 0) is 19.3 Å². The monoisotopic (exact) mass is 1280 g/mol. The molecule has 18 bridgehead atoms. The topological polar surface area (TPSA) is 84.5 Å². The molecule has 0 amide bonds. The molecule has 3 aromatic carbocycles. The summed E-state index contributed by atoms with van der Waals surface area (Å²) in [5.74, 6) is 0. The number of aliphatic imine (C=N–C) groups is 3. The summed E-state index contributed by atoms with van der Waals surface area (Å²) >= 11 is 8.11. The molecule has 0 spiro atoms. The first kappa shape index (κ1) is 56.9. The van der Waals surface area contributed by atoms with Crippen molar-refractivity contribution in [1.29, 1.82) is 0 Å². The quantitative estimate of drug-likeness (QED) is 0.0855. The number of aromatic nitrogens is 3. The Balaban J connectivity index is 1.19. The van der Waals surface area contributed by atoms with Gasteiger partial charge in [0, 0.05) is 20.3 Å². The zero-order valence-electron chi connectivity index (χ0n) is 49.4. The highest BCUT2D eigenvalue weighted by Gasteiger charge is 2.27. The third-order valence-electron chi connectivity index (χ3n) is 16.5. The number of thiophene rings is 3. The van der Waals surface area contributed by atoms with Gasteiger partial charge < -0.3 is 15.0 Å². The fourth-order valence-corrected chi connectivity index (χ4v) is 16.7. The summed E-state index contributed by atoms with van der Waals surface area (Å²) in [5, 5.41) is 6.86. The van der Waals surface area contributed by atoms with Crippen LogP contribution in [0.3, 0.4) is 0 Å². The zero-order valence-corrected chi connectivity index (χ0v) is 54.0. The lowest BCUT2D eigenvalue weighted by molar-refractivity contribution is 0.910. The van der Waals surface area contributed by atoms with Gasteiger partial charge in [-0.3, -0.25) is 0 Å². The fraction of sp³-hybridized carbons (Fsp3) is 0.240. The van der Waals surface area contributed by atoms with Crippen molar-refractivity contribution in [3.8, 4) is 0 Å². The van der Waals surface area contributed by atoms with Crippen molar-refractivity contribution in [1.82, 2.24) is 15.0 Å². The van der Waals surface area contributed by atoms with Crippen molar-refractivity contribution in [2.75, 3.05) is 0 Å². The number of allylic oxidation sites excluding steroid dienone is 3. The molecule has 10 heteroatoms. The molecule has 0 saturated carbocycles. The molecule has 0 saturated heterocycles. The van der Waals surface area contributed by atoms with Crippen LogP contribution in [0.1, 0.15) is 133 Å². The summed E-state index contributed by atoms with van der Waals surface area (Å²) < 4.78 is 8.33. The predicted octanol–water partition coefficient (Wildman–Crippen LogP) is 15.1. The van der Waals surface area contributed by atoms with E-state index in [-0.39, 0.29) is 0 Å². The molecule has 0 fully saturated rings. The Kier molecular flexibility index (Phi) is 16.7. The number of hydrogen-bond donors (Lipinski definition) is 3. The third-order valence-corrected chi connectivity index (χ3v) is 21.1. The van der Waals surface area contributed by atoms with Gasteiger partial charge in [0.05, 0.1) is 93.5 Å². The van der Waals surface area contributed by atoms with E-state index >= 15 is 0 Å². The van der Waals surface area contributed by atoms with Gasteiger partial charge in [-0.2, -0.15) is 0 Å². The first-order valence-electron chi connectivity index (χ1n) is 30.7. The lowest BCUT2D eigenvalue weighted by atomic mass is 9.92. The minimum Gasteiger partial charge on any atom is -0.354 e. The molecule has 3 N–H and O–H groups in total.